The van der Waals surface area contributed by atoms with E-state index >= 15 is 0 Å². The van der Waals surface area contributed by atoms with Crippen molar-refractivity contribution in [2.75, 3.05) is 13.2 Å². The second-order valence-corrected chi connectivity index (χ2v) is 3.43. The lowest BCUT2D eigenvalue weighted by Gasteiger charge is -2.17. The maximum Gasteiger partial charge on any atom is 0.325 e. The average molecular weight is 216 g/mol. The summed E-state index contributed by atoms with van der Waals surface area (Å²) in [6.07, 6.45) is 0.827. The number of rotatable bonds is 6. The lowest BCUT2D eigenvalue weighted by molar-refractivity contribution is -0.143. The van der Waals surface area contributed by atoms with Gasteiger partial charge in [-0.2, -0.15) is 0 Å². The third kappa shape index (κ3) is 5.37. The zero-order valence-electron chi connectivity index (χ0n) is 9.58. The summed E-state index contributed by atoms with van der Waals surface area (Å²) in [5.41, 5.74) is 5.67. The predicted octanol–water partition coefficient (Wildman–Crippen LogP) is 0.0391. The summed E-state index contributed by atoms with van der Waals surface area (Å²) in [4.78, 5) is 22.3. The molecule has 0 unspecified atom stereocenters. The molecule has 0 saturated heterocycles. The summed E-state index contributed by atoms with van der Waals surface area (Å²) in [5.74, 6) is -0.646. The van der Waals surface area contributed by atoms with Crippen molar-refractivity contribution in [1.29, 1.82) is 0 Å². The molecule has 88 valence electrons. The topological polar surface area (TPSA) is 81.4 Å². The van der Waals surface area contributed by atoms with E-state index in [2.05, 4.69) is 10.1 Å². The highest BCUT2D eigenvalue weighted by Gasteiger charge is 2.19. The van der Waals surface area contributed by atoms with Gasteiger partial charge in [0.15, 0.2) is 0 Å². The van der Waals surface area contributed by atoms with E-state index in [0.29, 0.717) is 6.61 Å². The Hall–Kier alpha value is -1.10. The molecule has 3 N–H and O–H groups in total. The Kier molecular flexibility index (Phi) is 6.70. The summed E-state index contributed by atoms with van der Waals surface area (Å²) in [5, 5.41) is 2.44. The second kappa shape index (κ2) is 7.23. The summed E-state index contributed by atoms with van der Waals surface area (Å²) >= 11 is 0. The number of carbonyl (C=O) groups is 2. The number of esters is 1. The van der Waals surface area contributed by atoms with Crippen LogP contribution < -0.4 is 11.1 Å². The van der Waals surface area contributed by atoms with Crippen LogP contribution in [0.1, 0.15) is 27.2 Å². The Morgan fingerprint density at radius 1 is 1.40 bits per heavy atom. The van der Waals surface area contributed by atoms with Crippen LogP contribution in [0.3, 0.4) is 0 Å². The molecule has 5 heteroatoms. The largest absolute Gasteiger partial charge is 0.465 e. The molecule has 0 aliphatic heterocycles. The number of nitrogens with one attached hydrogen (secondary N) is 1. The minimum Gasteiger partial charge on any atom is -0.465 e. The minimum absolute atomic E-state index is 0.104. The van der Waals surface area contributed by atoms with Gasteiger partial charge >= 0.3 is 5.97 Å². The van der Waals surface area contributed by atoms with Gasteiger partial charge in [-0.1, -0.05) is 20.3 Å². The quantitative estimate of drug-likeness (QED) is 0.614. The highest BCUT2D eigenvalue weighted by molar-refractivity contribution is 5.85. The Morgan fingerprint density at radius 2 is 2.00 bits per heavy atom. The van der Waals surface area contributed by atoms with Crippen LogP contribution in [-0.4, -0.2) is 31.1 Å². The van der Waals surface area contributed by atoms with Crippen LogP contribution in [0.4, 0.5) is 0 Å². The van der Waals surface area contributed by atoms with Crippen LogP contribution in [0.5, 0.6) is 0 Å². The van der Waals surface area contributed by atoms with E-state index in [4.69, 9.17) is 5.73 Å². The van der Waals surface area contributed by atoms with E-state index in [-0.39, 0.29) is 18.4 Å². The van der Waals surface area contributed by atoms with E-state index < -0.39 is 12.0 Å². The van der Waals surface area contributed by atoms with E-state index in [9.17, 15) is 9.59 Å². The number of carbonyl (C=O) groups excluding carboxylic acids is 2. The van der Waals surface area contributed by atoms with Gasteiger partial charge in [0.1, 0.15) is 6.54 Å². The van der Waals surface area contributed by atoms with Crippen LogP contribution in [-0.2, 0) is 14.3 Å². The summed E-state index contributed by atoms with van der Waals surface area (Å²) in [6.45, 7) is 5.77. The third-order valence-corrected chi connectivity index (χ3v) is 2.27. The molecule has 0 spiro atoms. The highest BCUT2D eigenvalue weighted by atomic mass is 16.5. The average Bonchev–Trinajstić information content (AvgIpc) is 2.24. The van der Waals surface area contributed by atoms with Gasteiger partial charge < -0.3 is 15.8 Å². The summed E-state index contributed by atoms with van der Waals surface area (Å²) in [6, 6.07) is -0.565. The van der Waals surface area contributed by atoms with Crippen molar-refractivity contribution in [2.24, 2.45) is 11.7 Å². The lowest BCUT2D eigenvalue weighted by Crippen LogP contribution is -2.46. The molecule has 0 aromatic heterocycles. The van der Waals surface area contributed by atoms with Crippen LogP contribution in [0, 0.1) is 5.92 Å². The maximum atomic E-state index is 11.4. The van der Waals surface area contributed by atoms with E-state index in [0.717, 1.165) is 6.42 Å². The van der Waals surface area contributed by atoms with E-state index in [1.165, 1.54) is 0 Å². The molecule has 0 bridgehead atoms. The normalized spacial score (nSPS) is 14.1. The molecule has 5 nitrogen and oxygen atoms in total. The zero-order valence-corrected chi connectivity index (χ0v) is 9.58. The maximum absolute atomic E-state index is 11.4. The van der Waals surface area contributed by atoms with E-state index in [1.54, 1.807) is 6.92 Å². The van der Waals surface area contributed by atoms with Gasteiger partial charge in [0.2, 0.25) is 5.91 Å². The SMILES string of the molecule is CCOC(=O)CNC(=O)[C@@H](N)[C@@H](C)CC. The summed E-state index contributed by atoms with van der Waals surface area (Å²) in [7, 11) is 0. The molecule has 0 saturated carbocycles. The van der Waals surface area contributed by atoms with Crippen LogP contribution in [0.25, 0.3) is 0 Å². The first-order chi connectivity index (χ1) is 7.02. The molecular formula is C10H20N2O3. The zero-order chi connectivity index (χ0) is 11.8. The Bertz CT molecular complexity index is 219. The predicted molar refractivity (Wildman–Crippen MR) is 57.1 cm³/mol. The molecule has 1 amide bonds. The van der Waals surface area contributed by atoms with Gasteiger partial charge in [-0.15, -0.1) is 0 Å². The van der Waals surface area contributed by atoms with Gasteiger partial charge in [-0.3, -0.25) is 9.59 Å². The van der Waals surface area contributed by atoms with Crippen molar-refractivity contribution in [1.82, 2.24) is 5.32 Å². The second-order valence-electron chi connectivity index (χ2n) is 3.43. The number of hydrogen-bond acceptors (Lipinski definition) is 4. The van der Waals surface area contributed by atoms with Crippen molar-refractivity contribution in [2.45, 2.75) is 33.2 Å². The molecule has 0 aliphatic carbocycles. The first kappa shape index (κ1) is 13.9. The van der Waals surface area contributed by atoms with Gasteiger partial charge in [0.05, 0.1) is 12.6 Å². The molecule has 15 heavy (non-hydrogen) atoms. The molecule has 0 radical (unpaired) electrons. The molecule has 0 aromatic rings. The molecule has 2 atom stereocenters. The van der Waals surface area contributed by atoms with Crippen molar-refractivity contribution < 1.29 is 14.3 Å². The van der Waals surface area contributed by atoms with Crippen molar-refractivity contribution in [3.05, 3.63) is 0 Å². The molecule has 0 aliphatic rings. The number of ether oxygens (including phenoxy) is 1. The molecule has 0 rings (SSSR count). The van der Waals surface area contributed by atoms with E-state index in [1.807, 2.05) is 13.8 Å². The molecule has 0 aromatic carbocycles. The van der Waals surface area contributed by atoms with Crippen LogP contribution in [0.2, 0.25) is 0 Å². The van der Waals surface area contributed by atoms with Gasteiger partial charge in [-0.05, 0) is 12.8 Å². The number of amides is 1. The fraction of sp³-hybridized carbons (Fsp3) is 0.800. The van der Waals surface area contributed by atoms with Gasteiger partial charge in [0, 0.05) is 0 Å². The van der Waals surface area contributed by atoms with Crippen LogP contribution in [0.15, 0.2) is 0 Å². The monoisotopic (exact) mass is 216 g/mol. The number of nitrogens with two attached hydrogens (primary N) is 1. The van der Waals surface area contributed by atoms with Crippen molar-refractivity contribution in [3.63, 3.8) is 0 Å². The molecule has 0 fully saturated rings. The first-order valence-electron chi connectivity index (χ1n) is 5.21. The summed E-state index contributed by atoms with van der Waals surface area (Å²) < 4.78 is 4.66. The molecule has 0 heterocycles. The fourth-order valence-corrected chi connectivity index (χ4v) is 1.00. The standard InChI is InChI=1S/C10H20N2O3/c1-4-7(3)9(11)10(14)12-6-8(13)15-5-2/h7,9H,4-6,11H2,1-3H3,(H,12,14)/t7-,9-/m0/s1. The lowest BCUT2D eigenvalue weighted by atomic mass is 9.99. The van der Waals surface area contributed by atoms with Crippen molar-refractivity contribution >= 4 is 11.9 Å². The van der Waals surface area contributed by atoms with Crippen LogP contribution >= 0.6 is 0 Å². The number of hydrogen-bond donors (Lipinski definition) is 2. The van der Waals surface area contributed by atoms with Crippen molar-refractivity contribution in [3.8, 4) is 0 Å². The third-order valence-electron chi connectivity index (χ3n) is 2.27. The smallest absolute Gasteiger partial charge is 0.325 e. The molecular weight excluding hydrogens is 196 g/mol. The Morgan fingerprint density at radius 3 is 2.47 bits per heavy atom. The van der Waals surface area contributed by atoms with Gasteiger partial charge in [0.25, 0.3) is 0 Å². The first-order valence-corrected chi connectivity index (χ1v) is 5.21. The minimum atomic E-state index is -0.565. The fourth-order valence-electron chi connectivity index (χ4n) is 1.00. The highest BCUT2D eigenvalue weighted by Crippen LogP contribution is 2.04. The Balaban J connectivity index is 3.88. The Labute approximate surface area is 90.4 Å². The van der Waals surface area contributed by atoms with Gasteiger partial charge in [-0.25, -0.2) is 0 Å².